The second-order valence-corrected chi connectivity index (χ2v) is 4.37. The molecule has 0 aliphatic heterocycles. The smallest absolute Gasteiger partial charge is 0.259 e. The first-order chi connectivity index (χ1) is 7.60. The summed E-state index contributed by atoms with van der Waals surface area (Å²) in [4.78, 5) is 15.1. The van der Waals surface area contributed by atoms with E-state index in [1.165, 1.54) is 0 Å². The van der Waals surface area contributed by atoms with Crippen molar-refractivity contribution < 1.29 is 22.4 Å². The van der Waals surface area contributed by atoms with E-state index >= 15 is 0 Å². The van der Waals surface area contributed by atoms with Crippen LogP contribution in [0.15, 0.2) is 18.3 Å². The number of pyridine rings is 1. The fourth-order valence-electron chi connectivity index (χ4n) is 0.913. The number of nitrogens with one attached hydrogen (secondary N) is 1. The van der Waals surface area contributed by atoms with Gasteiger partial charge in [0.1, 0.15) is 5.82 Å². The zero-order valence-corrected chi connectivity index (χ0v) is 9.67. The molecule has 1 rings (SSSR count). The van der Waals surface area contributed by atoms with Crippen molar-refractivity contribution in [3.8, 4) is 0 Å². The van der Waals surface area contributed by atoms with Gasteiger partial charge in [-0.05, 0) is 12.1 Å². The number of carbonyl (C=O) groups excluding carboxylic acids is 1. The Balaban J connectivity index is 2.80. The summed E-state index contributed by atoms with van der Waals surface area (Å²) in [6.07, 6.45) is -3.74. The van der Waals surface area contributed by atoms with Gasteiger partial charge in [0.05, 0.1) is 26.7 Å². The Bertz CT molecular complexity index is 406. The molecular weight excluding hydrogens is 235 g/mol. The highest BCUT2D eigenvalue weighted by Crippen LogP contribution is 2.28. The fourth-order valence-corrected chi connectivity index (χ4v) is 0.913. The summed E-state index contributed by atoms with van der Waals surface area (Å²) in [5.74, 6) is 0.0936. The first-order valence-corrected chi connectivity index (χ1v) is 4.77. The zero-order chi connectivity index (χ0) is 13.3. The second kappa shape index (κ2) is 4.33. The average molecular weight is 248 g/mol. The molecule has 1 aromatic heterocycles. The standard InChI is InChI=1S/C10H12F3N3O/c1-16(2,3)9(17)15-8-5-4-7(6-14-8)10(11,12)13/h4-6H,1-3H3/p+1. The minimum absolute atomic E-state index is 0.00268. The third-order valence-corrected chi connectivity index (χ3v) is 1.94. The van der Waals surface area contributed by atoms with E-state index in [1.807, 2.05) is 0 Å². The highest BCUT2D eigenvalue weighted by molar-refractivity contribution is 5.82. The minimum Gasteiger partial charge on any atom is -0.259 e. The van der Waals surface area contributed by atoms with E-state index in [2.05, 4.69) is 10.3 Å². The summed E-state index contributed by atoms with van der Waals surface area (Å²) >= 11 is 0. The molecule has 0 fully saturated rings. The Morgan fingerprint density at radius 1 is 1.29 bits per heavy atom. The number of nitrogens with zero attached hydrogens (tertiary/aromatic N) is 2. The molecule has 0 atom stereocenters. The Labute approximate surface area is 96.7 Å². The van der Waals surface area contributed by atoms with Crippen molar-refractivity contribution in [2.24, 2.45) is 0 Å². The number of aromatic nitrogens is 1. The maximum Gasteiger partial charge on any atom is 0.421 e. The lowest BCUT2D eigenvalue weighted by Crippen LogP contribution is -2.44. The Hall–Kier alpha value is -1.63. The second-order valence-electron chi connectivity index (χ2n) is 4.37. The van der Waals surface area contributed by atoms with E-state index in [-0.39, 0.29) is 16.3 Å². The van der Waals surface area contributed by atoms with E-state index in [4.69, 9.17) is 0 Å². The van der Waals surface area contributed by atoms with E-state index in [1.54, 1.807) is 21.1 Å². The lowest BCUT2D eigenvalue weighted by Gasteiger charge is -2.20. The first kappa shape index (κ1) is 13.4. The number of carbonyl (C=O) groups is 1. The predicted molar refractivity (Wildman–Crippen MR) is 56.3 cm³/mol. The third kappa shape index (κ3) is 3.70. The number of halogens is 3. The Morgan fingerprint density at radius 2 is 1.88 bits per heavy atom. The molecule has 7 heteroatoms. The van der Waals surface area contributed by atoms with E-state index in [9.17, 15) is 18.0 Å². The van der Waals surface area contributed by atoms with Crippen LogP contribution in [0.4, 0.5) is 23.8 Å². The van der Waals surface area contributed by atoms with Crippen LogP contribution in [-0.2, 0) is 6.18 Å². The molecule has 0 aliphatic carbocycles. The highest BCUT2D eigenvalue weighted by Gasteiger charge is 2.31. The largest absolute Gasteiger partial charge is 0.421 e. The topological polar surface area (TPSA) is 42.0 Å². The number of alkyl halides is 3. The van der Waals surface area contributed by atoms with Crippen LogP contribution in [0.3, 0.4) is 0 Å². The number of amides is 2. The van der Waals surface area contributed by atoms with Crippen LogP contribution < -0.4 is 5.32 Å². The number of anilines is 1. The molecule has 0 unspecified atom stereocenters. The van der Waals surface area contributed by atoms with Gasteiger partial charge in [-0.15, -0.1) is 0 Å². The van der Waals surface area contributed by atoms with Crippen molar-refractivity contribution in [1.82, 2.24) is 4.98 Å². The van der Waals surface area contributed by atoms with Crippen LogP contribution in [-0.4, -0.2) is 36.6 Å². The summed E-state index contributed by atoms with van der Waals surface area (Å²) in [6.45, 7) is 0. The van der Waals surface area contributed by atoms with Gasteiger partial charge in [-0.2, -0.15) is 13.2 Å². The van der Waals surface area contributed by atoms with Gasteiger partial charge in [0.15, 0.2) is 0 Å². The maximum absolute atomic E-state index is 12.2. The first-order valence-electron chi connectivity index (χ1n) is 4.77. The number of quaternary nitrogens is 1. The molecule has 1 heterocycles. The molecule has 0 saturated heterocycles. The van der Waals surface area contributed by atoms with Crippen LogP contribution in [0.1, 0.15) is 5.56 Å². The van der Waals surface area contributed by atoms with Crippen molar-refractivity contribution in [2.45, 2.75) is 6.18 Å². The molecule has 94 valence electrons. The van der Waals surface area contributed by atoms with Gasteiger partial charge in [0, 0.05) is 6.20 Å². The Kier molecular flexibility index (Phi) is 3.42. The van der Waals surface area contributed by atoms with Gasteiger partial charge in [-0.25, -0.2) is 14.3 Å². The van der Waals surface area contributed by atoms with Crippen LogP contribution >= 0.6 is 0 Å². The number of rotatable bonds is 1. The minimum atomic E-state index is -4.42. The van der Waals surface area contributed by atoms with Crippen LogP contribution in [0, 0.1) is 0 Å². The van der Waals surface area contributed by atoms with Crippen molar-refractivity contribution >= 4 is 11.8 Å². The summed E-state index contributed by atoms with van der Waals surface area (Å²) in [5, 5.41) is 2.42. The Morgan fingerprint density at radius 3 is 2.24 bits per heavy atom. The monoisotopic (exact) mass is 248 g/mol. The van der Waals surface area contributed by atoms with Crippen molar-refractivity contribution in [1.29, 1.82) is 0 Å². The van der Waals surface area contributed by atoms with Crippen LogP contribution in [0.25, 0.3) is 0 Å². The van der Waals surface area contributed by atoms with E-state index < -0.39 is 11.7 Å². The van der Waals surface area contributed by atoms with Gasteiger partial charge in [-0.1, -0.05) is 0 Å². The molecule has 1 N–H and O–H groups in total. The van der Waals surface area contributed by atoms with E-state index in [0.717, 1.165) is 12.1 Å². The highest BCUT2D eigenvalue weighted by atomic mass is 19.4. The molecule has 1 aromatic rings. The van der Waals surface area contributed by atoms with Gasteiger partial charge in [0.25, 0.3) is 0 Å². The molecule has 4 nitrogen and oxygen atoms in total. The van der Waals surface area contributed by atoms with Gasteiger partial charge >= 0.3 is 12.2 Å². The molecule has 17 heavy (non-hydrogen) atoms. The molecule has 0 aliphatic rings. The molecule has 0 aromatic carbocycles. The van der Waals surface area contributed by atoms with E-state index in [0.29, 0.717) is 6.20 Å². The van der Waals surface area contributed by atoms with Crippen molar-refractivity contribution in [2.75, 3.05) is 26.5 Å². The molecule has 0 radical (unpaired) electrons. The van der Waals surface area contributed by atoms with Gasteiger partial charge in [0.2, 0.25) is 0 Å². The van der Waals surface area contributed by atoms with Crippen LogP contribution in [0.2, 0.25) is 0 Å². The average Bonchev–Trinajstić information content (AvgIpc) is 2.15. The molecule has 0 spiro atoms. The third-order valence-electron chi connectivity index (χ3n) is 1.94. The fraction of sp³-hybridized carbons (Fsp3) is 0.400. The van der Waals surface area contributed by atoms with Gasteiger partial charge < -0.3 is 0 Å². The lowest BCUT2D eigenvalue weighted by atomic mass is 10.3. The van der Waals surface area contributed by atoms with Crippen molar-refractivity contribution in [3.63, 3.8) is 0 Å². The molecule has 2 amide bonds. The van der Waals surface area contributed by atoms with Gasteiger partial charge in [-0.3, -0.25) is 5.32 Å². The number of hydrogen-bond acceptors (Lipinski definition) is 2. The van der Waals surface area contributed by atoms with Crippen LogP contribution in [0.5, 0.6) is 0 Å². The summed E-state index contributed by atoms with van der Waals surface area (Å²) in [6, 6.07) is 1.63. The summed E-state index contributed by atoms with van der Waals surface area (Å²) in [5.41, 5.74) is -0.847. The lowest BCUT2D eigenvalue weighted by molar-refractivity contribution is -0.784. The predicted octanol–water partition coefficient (Wildman–Crippen LogP) is 2.34. The molecule has 0 saturated carbocycles. The van der Waals surface area contributed by atoms with Crippen molar-refractivity contribution in [3.05, 3.63) is 23.9 Å². The zero-order valence-electron chi connectivity index (χ0n) is 9.67. The summed E-state index contributed by atoms with van der Waals surface area (Å²) < 4.78 is 36.7. The number of urea groups is 1. The normalized spacial score (nSPS) is 12.4. The summed E-state index contributed by atoms with van der Waals surface area (Å²) in [7, 11) is 4.91. The maximum atomic E-state index is 12.2. The SMILES string of the molecule is C[N+](C)(C)C(=O)Nc1ccc(C(F)(F)F)cn1. The molecular formula is C10H13F3N3O+. The number of hydrogen-bond donors (Lipinski definition) is 1. The molecule has 0 bridgehead atoms. The quantitative estimate of drug-likeness (QED) is 0.775.